The summed E-state index contributed by atoms with van der Waals surface area (Å²) in [5.41, 5.74) is 1.73. The van der Waals surface area contributed by atoms with E-state index in [1.807, 2.05) is 53.7 Å². The van der Waals surface area contributed by atoms with Crippen LogP contribution in [0.1, 0.15) is 85.4 Å². The molecule has 2 aromatic rings. The van der Waals surface area contributed by atoms with Crippen molar-refractivity contribution in [1.82, 2.24) is 19.8 Å². The second kappa shape index (κ2) is 14.8. The van der Waals surface area contributed by atoms with E-state index in [9.17, 15) is 19.2 Å². The Balaban J connectivity index is 0.000000240. The van der Waals surface area contributed by atoms with Gasteiger partial charge in [0.1, 0.15) is 21.2 Å². The number of ether oxygens (including phenoxy) is 4. The molecule has 0 atom stereocenters. The molecule has 240 valence electrons. The van der Waals surface area contributed by atoms with Crippen molar-refractivity contribution >= 4 is 57.9 Å². The van der Waals surface area contributed by atoms with E-state index in [1.165, 1.54) is 36.9 Å². The summed E-state index contributed by atoms with van der Waals surface area (Å²) in [5, 5.41) is 4.96. The van der Waals surface area contributed by atoms with E-state index in [2.05, 4.69) is 19.4 Å². The summed E-state index contributed by atoms with van der Waals surface area (Å²) in [7, 11) is 2.67. The minimum atomic E-state index is -0.494. The largest absolute Gasteiger partial charge is 0.464 e. The van der Waals surface area contributed by atoms with Crippen LogP contribution in [0.15, 0.2) is 22.9 Å². The number of hydrogen-bond donors (Lipinski definition) is 0. The van der Waals surface area contributed by atoms with Crippen LogP contribution in [-0.2, 0) is 18.9 Å². The van der Waals surface area contributed by atoms with Gasteiger partial charge in [-0.15, -0.1) is 22.7 Å². The zero-order valence-corrected chi connectivity index (χ0v) is 28.1. The van der Waals surface area contributed by atoms with Gasteiger partial charge in [0.15, 0.2) is 11.4 Å². The lowest BCUT2D eigenvalue weighted by Gasteiger charge is -2.29. The molecule has 0 aliphatic carbocycles. The highest BCUT2D eigenvalue weighted by Crippen LogP contribution is 2.27. The third-order valence-electron chi connectivity index (χ3n) is 6.07. The Morgan fingerprint density at radius 1 is 0.682 bits per heavy atom. The Morgan fingerprint density at radius 2 is 1.05 bits per heavy atom. The lowest BCUT2D eigenvalue weighted by molar-refractivity contribution is 0.0260. The van der Waals surface area contributed by atoms with E-state index in [-0.39, 0.29) is 12.2 Å². The summed E-state index contributed by atoms with van der Waals surface area (Å²) in [6, 6.07) is 0. The van der Waals surface area contributed by atoms with E-state index >= 15 is 0 Å². The van der Waals surface area contributed by atoms with E-state index in [0.29, 0.717) is 50.4 Å². The summed E-state index contributed by atoms with van der Waals surface area (Å²) in [4.78, 5) is 58.7. The van der Waals surface area contributed by atoms with Crippen LogP contribution in [0.5, 0.6) is 0 Å². The summed E-state index contributed by atoms with van der Waals surface area (Å²) < 4.78 is 20.0. The number of thiazole rings is 2. The van der Waals surface area contributed by atoms with E-state index in [4.69, 9.17) is 9.47 Å². The van der Waals surface area contributed by atoms with Crippen LogP contribution in [-0.4, -0.2) is 95.5 Å². The lowest BCUT2D eigenvalue weighted by Crippen LogP contribution is -2.39. The molecule has 0 radical (unpaired) electrons. The van der Waals surface area contributed by atoms with Crippen LogP contribution in [0.25, 0.3) is 11.1 Å². The fourth-order valence-corrected chi connectivity index (χ4v) is 5.67. The molecule has 2 amide bonds. The van der Waals surface area contributed by atoms with Gasteiger partial charge in [0.25, 0.3) is 0 Å². The first-order valence-corrected chi connectivity index (χ1v) is 15.8. The Morgan fingerprint density at radius 3 is 1.32 bits per heavy atom. The van der Waals surface area contributed by atoms with Gasteiger partial charge in [-0.1, -0.05) is 12.2 Å². The van der Waals surface area contributed by atoms with Crippen LogP contribution in [0, 0.1) is 0 Å². The summed E-state index contributed by atoms with van der Waals surface area (Å²) in [5.74, 6) is -0.872. The molecule has 0 saturated carbocycles. The van der Waals surface area contributed by atoms with Crippen LogP contribution in [0.2, 0.25) is 0 Å². The molecule has 4 rings (SSSR count). The molecule has 0 aromatic carbocycles. The van der Waals surface area contributed by atoms with Crippen molar-refractivity contribution in [3.63, 3.8) is 0 Å². The first kappa shape index (κ1) is 34.7. The highest BCUT2D eigenvalue weighted by atomic mass is 32.1. The van der Waals surface area contributed by atoms with Crippen LogP contribution in [0.4, 0.5) is 9.59 Å². The predicted molar refractivity (Wildman–Crippen MR) is 168 cm³/mol. The number of amides is 2. The van der Waals surface area contributed by atoms with E-state index < -0.39 is 23.1 Å². The quantitative estimate of drug-likeness (QED) is 0.291. The van der Waals surface area contributed by atoms with Crippen molar-refractivity contribution in [3.8, 4) is 0 Å². The van der Waals surface area contributed by atoms with Gasteiger partial charge < -0.3 is 28.7 Å². The number of carbonyl (C=O) groups excluding carboxylic acids is 4. The summed E-state index contributed by atoms with van der Waals surface area (Å²) in [6.07, 6.45) is 4.66. The number of rotatable bonds is 4. The highest BCUT2D eigenvalue weighted by Gasteiger charge is 2.26. The van der Waals surface area contributed by atoms with Crippen molar-refractivity contribution in [2.45, 2.75) is 65.6 Å². The van der Waals surface area contributed by atoms with Crippen molar-refractivity contribution in [1.29, 1.82) is 0 Å². The molecular weight excluding hydrogens is 608 g/mol. The molecule has 0 bridgehead atoms. The Kier molecular flexibility index (Phi) is 11.7. The third kappa shape index (κ3) is 10.2. The van der Waals surface area contributed by atoms with Crippen molar-refractivity contribution in [2.75, 3.05) is 40.4 Å². The zero-order chi connectivity index (χ0) is 32.7. The molecule has 0 spiro atoms. The van der Waals surface area contributed by atoms with Gasteiger partial charge in [-0.05, 0) is 65.5 Å². The minimum absolute atomic E-state index is 0.308. The van der Waals surface area contributed by atoms with Gasteiger partial charge in [0.05, 0.1) is 14.2 Å². The second-order valence-corrected chi connectivity index (χ2v) is 13.6. The Hall–Kier alpha value is -3.78. The van der Waals surface area contributed by atoms with Gasteiger partial charge >= 0.3 is 24.1 Å². The van der Waals surface area contributed by atoms with Gasteiger partial charge in [-0.2, -0.15) is 0 Å². The highest BCUT2D eigenvalue weighted by molar-refractivity contribution is 7.11. The molecule has 12 nitrogen and oxygen atoms in total. The maximum atomic E-state index is 12.0. The number of aromatic nitrogens is 2. The molecule has 44 heavy (non-hydrogen) atoms. The van der Waals surface area contributed by atoms with E-state index in [1.54, 1.807) is 20.6 Å². The fraction of sp³-hybridized carbons (Fsp3) is 0.533. The molecule has 14 heteroatoms. The zero-order valence-electron chi connectivity index (χ0n) is 26.4. The minimum Gasteiger partial charge on any atom is -0.464 e. The van der Waals surface area contributed by atoms with Crippen LogP contribution < -0.4 is 0 Å². The average molecular weight is 649 g/mol. The molecule has 0 fully saturated rings. The smallest absolute Gasteiger partial charge is 0.410 e. The number of esters is 2. The number of carbonyl (C=O) groups is 4. The van der Waals surface area contributed by atoms with Gasteiger partial charge in [-0.25, -0.2) is 29.1 Å². The first-order valence-electron chi connectivity index (χ1n) is 14.0. The van der Waals surface area contributed by atoms with Crippen LogP contribution in [0.3, 0.4) is 0 Å². The first-order chi connectivity index (χ1) is 20.6. The maximum absolute atomic E-state index is 12.0. The average Bonchev–Trinajstić information content (AvgIpc) is 3.66. The van der Waals surface area contributed by atoms with Crippen molar-refractivity contribution in [3.05, 3.63) is 44.3 Å². The monoisotopic (exact) mass is 648 g/mol. The van der Waals surface area contributed by atoms with Gasteiger partial charge in [0.2, 0.25) is 0 Å². The standard InChI is InChI=1S/2C15H20N2O4S/c2*1-15(2,3)21-14(19)17-7-5-10(6-8-17)12-16-11(9-22-12)13(18)20-4/h2*5,9H,6-8H2,1-4H3. The molecule has 4 heterocycles. The van der Waals surface area contributed by atoms with Crippen molar-refractivity contribution < 1.29 is 38.1 Å². The van der Waals surface area contributed by atoms with Gasteiger partial charge in [0, 0.05) is 36.9 Å². The molecule has 2 aliphatic heterocycles. The molecule has 0 saturated heterocycles. The maximum Gasteiger partial charge on any atom is 0.410 e. The number of nitrogens with zero attached hydrogens (tertiary/aromatic N) is 4. The van der Waals surface area contributed by atoms with Crippen LogP contribution >= 0.6 is 22.7 Å². The normalized spacial score (nSPS) is 15.3. The molecular formula is C30H40N4O8S2. The summed E-state index contributed by atoms with van der Waals surface area (Å²) in [6.45, 7) is 13.2. The topological polar surface area (TPSA) is 137 Å². The lowest BCUT2D eigenvalue weighted by atomic mass is 10.1. The third-order valence-corrected chi connectivity index (χ3v) is 7.90. The van der Waals surface area contributed by atoms with E-state index in [0.717, 1.165) is 21.2 Å². The van der Waals surface area contributed by atoms with Gasteiger partial charge in [-0.3, -0.25) is 0 Å². The molecule has 2 aliphatic rings. The molecule has 0 N–H and O–H groups in total. The molecule has 2 aromatic heterocycles. The second-order valence-electron chi connectivity index (χ2n) is 11.9. The Labute approximate surface area is 265 Å². The fourth-order valence-electron chi connectivity index (χ4n) is 3.95. The Bertz CT molecular complexity index is 1310. The summed E-state index contributed by atoms with van der Waals surface area (Å²) >= 11 is 2.81. The number of hydrogen-bond acceptors (Lipinski definition) is 12. The SMILES string of the molecule is COC(=O)c1csc(C2=CCN(C(=O)OC(C)(C)C)CC2)n1.COC(=O)c1csc(C2=CCN(C(=O)OC(C)(C)C)CC2)n1. The van der Waals surface area contributed by atoms with Crippen molar-refractivity contribution in [2.24, 2.45) is 0 Å². The predicted octanol–water partition coefficient (Wildman–Crippen LogP) is 5.91. The molecule has 0 unspecified atom stereocenters. The number of methoxy groups -OCH3 is 2.